The molecular weight excluding hydrogens is 1500 g/mol. The molecule has 25 N–H and O–H groups in total. The number of aromatic amines is 1. The molecule has 0 spiro atoms. The van der Waals surface area contributed by atoms with Crippen molar-refractivity contribution < 1.29 is 96.5 Å². The van der Waals surface area contributed by atoms with Gasteiger partial charge in [-0.05, 0) is 117 Å². The van der Waals surface area contributed by atoms with Crippen LogP contribution >= 0.6 is 11.8 Å². The molecule has 1 fully saturated rings. The Labute approximate surface area is 661 Å². The number of carbonyl (C=O) groups excluding carboxylic acids is 16. The molecule has 622 valence electrons. The summed E-state index contributed by atoms with van der Waals surface area (Å²) in [5.74, 6) is -18.3. The van der Waals surface area contributed by atoms with Crippen molar-refractivity contribution >= 4 is 123 Å². The number of H-pyrrole nitrogens is 1. The van der Waals surface area contributed by atoms with Crippen LogP contribution in [-0.2, 0) is 106 Å². The third-order valence-electron chi connectivity index (χ3n) is 18.5. The molecule has 12 atom stereocenters. The summed E-state index contributed by atoms with van der Waals surface area (Å²) in [4.78, 5) is 238. The first-order chi connectivity index (χ1) is 53.7. The number of aliphatic hydroxyl groups excluding tert-OH is 1. The van der Waals surface area contributed by atoms with E-state index in [0.29, 0.717) is 33.3 Å². The Kier molecular flexibility index (Phi) is 36.2. The summed E-state index contributed by atoms with van der Waals surface area (Å²) in [5, 5.41) is 51.6. The number of hydrogen-bond acceptors (Lipinski definition) is 21. The Morgan fingerprint density at radius 3 is 1.75 bits per heavy atom. The molecule has 38 nitrogen and oxygen atoms in total. The lowest BCUT2D eigenvalue weighted by atomic mass is 9.86. The SMILES string of the molecule is COc1ccc(C[C@H](NC(=O)[C@@H]2CSCC[C@H](NC(C)=O)C(=O)N[C@@H](CCC(N)=O)C(=O)N[C@@H]([C@@H](C)O)C(=O)N[C@@H](Cc3c[nH]c4ccccc34)C(=O)N[C@@H](CCC(N)=O)C(=O)N2)C(=O)N[C@@H](Cc2ccc(C(C)(C)C)cc2)C(=O)N[C@@](C)(CCCCN)C(=O)N[C@@H](CCC(=O)O)C(=O)N[C@@H](CC(N)=O)C(=O)NCC(N)=O)cc1. The van der Waals surface area contributed by atoms with Gasteiger partial charge in [-0.25, -0.2) is 0 Å². The highest BCUT2D eigenvalue weighted by Crippen LogP contribution is 2.25. The minimum Gasteiger partial charge on any atom is -0.497 e. The van der Waals surface area contributed by atoms with Crippen LogP contribution < -0.4 is 97.2 Å². The number of ether oxygens (including phenoxy) is 1. The van der Waals surface area contributed by atoms with Crippen LogP contribution in [0.5, 0.6) is 5.75 Å². The van der Waals surface area contributed by atoms with Gasteiger partial charge in [0.1, 0.15) is 71.7 Å². The van der Waals surface area contributed by atoms with Crippen molar-refractivity contribution in [2.75, 3.05) is 31.7 Å². The smallest absolute Gasteiger partial charge is 0.303 e. The van der Waals surface area contributed by atoms with Crippen LogP contribution in [0.1, 0.15) is 134 Å². The van der Waals surface area contributed by atoms with Crippen LogP contribution in [0, 0.1) is 0 Å². The zero-order chi connectivity index (χ0) is 84.7. The number of thioether (sulfide) groups is 1. The summed E-state index contributed by atoms with van der Waals surface area (Å²) in [5.41, 5.74) is 27.9. The Morgan fingerprint density at radius 2 is 1.18 bits per heavy atom. The molecule has 2 heterocycles. The normalized spacial score (nSPS) is 19.2. The van der Waals surface area contributed by atoms with Gasteiger partial charge >= 0.3 is 5.97 Å². The maximum atomic E-state index is 15.6. The molecule has 1 saturated heterocycles. The molecule has 0 unspecified atom stereocenters. The van der Waals surface area contributed by atoms with Gasteiger partial charge in [-0.1, -0.05) is 75.4 Å². The van der Waals surface area contributed by atoms with Crippen LogP contribution in [0.2, 0.25) is 0 Å². The van der Waals surface area contributed by atoms with Crippen LogP contribution in [0.25, 0.3) is 10.9 Å². The summed E-state index contributed by atoms with van der Waals surface area (Å²) >= 11 is 0.920. The average Bonchev–Trinajstić information content (AvgIpc) is 1.66. The number of fused-ring (bicyclic) bond motifs is 1. The number of carboxylic acids is 1. The van der Waals surface area contributed by atoms with Gasteiger partial charge in [-0.3, -0.25) is 81.5 Å². The van der Waals surface area contributed by atoms with Gasteiger partial charge in [-0.2, -0.15) is 11.8 Å². The van der Waals surface area contributed by atoms with Crippen molar-refractivity contribution in [1.29, 1.82) is 0 Å². The number of aliphatic carboxylic acids is 1. The standard InChI is InChI=1S/C75H106N18O20S/c1-39(94)62-72(111)89-54(34-43-36-81-47-13-9-8-12-46(43)47)69(108)85-48(22-25-57(77)96)64(103)90-56(38-114-31-28-51(83-40(2)95)66(105)84-49(67(106)92-62)23-26-58(78)97)70(109)86-52(32-42-16-20-45(113-7)21-17-42)68(107)87-53(33-41-14-18-44(19-15-41)74(3,4)5)71(110)93-75(6,29-10-11-30-76)73(112)91-50(24-27-61(100)101)65(104)88-55(35-59(79)98)63(102)82-37-60(80)99/h8-9,12-21,36,39,48-56,62,81,94H,10-11,22-35,37-38,76H2,1-7H3,(H2,77,96)(H2,78,97)(H2,79,98)(H2,80,99)(H,82,102)(H,83,95)(H,84,105)(H,85,108)(H,86,109)(H,87,107)(H,88,104)(H,89,111)(H,90,103)(H,91,112)(H,92,106)(H,93,110)(H,100,101)/t39-,48+,49+,50+,51+,52+,53+,54+,55+,56+,62+,75+/m1/s1. The van der Waals surface area contributed by atoms with Crippen molar-refractivity contribution in [3.05, 3.63) is 101 Å². The fourth-order valence-electron chi connectivity index (χ4n) is 12.1. The number of aliphatic hydroxyl groups is 1. The molecule has 1 aromatic heterocycles. The minimum absolute atomic E-state index is 0.0950. The molecule has 5 rings (SSSR count). The number of aromatic nitrogens is 1. The number of carboxylic acid groups (broad SMARTS) is 1. The molecule has 0 saturated carbocycles. The number of hydrogen-bond donors (Lipinski definition) is 20. The maximum Gasteiger partial charge on any atom is 0.303 e. The number of unbranched alkanes of at least 4 members (excludes halogenated alkanes) is 1. The van der Waals surface area contributed by atoms with E-state index in [4.69, 9.17) is 33.4 Å². The van der Waals surface area contributed by atoms with Gasteiger partial charge in [0.2, 0.25) is 94.5 Å². The summed E-state index contributed by atoms with van der Waals surface area (Å²) in [6, 6.07) is 2.89. The first kappa shape index (κ1) is 92.9. The van der Waals surface area contributed by atoms with Gasteiger partial charge in [-0.15, -0.1) is 0 Å². The molecule has 4 aromatic rings. The van der Waals surface area contributed by atoms with E-state index < -0.39 is 230 Å². The number of amides is 16. The second-order valence-electron chi connectivity index (χ2n) is 28.9. The number of methoxy groups -OCH3 is 1. The van der Waals surface area contributed by atoms with Crippen LogP contribution in [-0.4, -0.2) is 219 Å². The largest absolute Gasteiger partial charge is 0.497 e. The molecule has 0 radical (unpaired) electrons. The number of rotatable bonds is 37. The number of para-hydroxylation sites is 1. The van der Waals surface area contributed by atoms with Gasteiger partial charge in [0.15, 0.2) is 0 Å². The Balaban J connectivity index is 1.65. The lowest BCUT2D eigenvalue weighted by Gasteiger charge is -2.34. The van der Waals surface area contributed by atoms with Gasteiger partial charge in [0.05, 0.1) is 26.2 Å². The van der Waals surface area contributed by atoms with E-state index in [1.54, 1.807) is 79.0 Å². The highest BCUT2D eigenvalue weighted by molar-refractivity contribution is 7.99. The molecule has 114 heavy (non-hydrogen) atoms. The minimum atomic E-state index is -2.08. The Morgan fingerprint density at radius 1 is 0.623 bits per heavy atom. The molecule has 1 aliphatic rings. The van der Waals surface area contributed by atoms with E-state index in [0.717, 1.165) is 31.2 Å². The topological polar surface area (TPSA) is 630 Å². The fraction of sp³-hybridized carbons (Fsp3) is 0.507. The van der Waals surface area contributed by atoms with Gasteiger partial charge in [0.25, 0.3) is 0 Å². The number of benzene rings is 3. The third kappa shape index (κ3) is 30.4. The van der Waals surface area contributed by atoms with E-state index >= 15 is 19.2 Å². The molecule has 0 aliphatic carbocycles. The van der Waals surface area contributed by atoms with Crippen LogP contribution in [0.3, 0.4) is 0 Å². The summed E-state index contributed by atoms with van der Waals surface area (Å²) in [7, 11) is 1.40. The van der Waals surface area contributed by atoms with Crippen molar-refractivity contribution in [1.82, 2.24) is 68.8 Å². The average molecular weight is 1610 g/mol. The van der Waals surface area contributed by atoms with E-state index in [-0.39, 0.29) is 62.7 Å². The lowest BCUT2D eigenvalue weighted by Crippen LogP contribution is -2.64. The van der Waals surface area contributed by atoms with Gasteiger partial charge in [0, 0.05) is 68.3 Å². The van der Waals surface area contributed by atoms with E-state index in [2.05, 4.69) is 68.8 Å². The van der Waals surface area contributed by atoms with Crippen molar-refractivity contribution in [2.24, 2.45) is 28.7 Å². The fourth-order valence-corrected chi connectivity index (χ4v) is 13.1. The van der Waals surface area contributed by atoms with E-state index in [9.17, 15) is 72.5 Å². The number of primary amides is 4. The van der Waals surface area contributed by atoms with E-state index in [1.165, 1.54) is 14.0 Å². The van der Waals surface area contributed by atoms with Crippen molar-refractivity contribution in [3.8, 4) is 5.75 Å². The molecular formula is C75H106N18O20S. The Hall–Kier alpha value is -11.7. The molecule has 0 bridgehead atoms. The van der Waals surface area contributed by atoms with Crippen LogP contribution in [0.4, 0.5) is 0 Å². The maximum absolute atomic E-state index is 15.6. The van der Waals surface area contributed by atoms with E-state index in [1.807, 2.05) is 20.8 Å². The summed E-state index contributed by atoms with van der Waals surface area (Å²) in [6.07, 6.45) is -5.57. The second-order valence-corrected chi connectivity index (χ2v) is 30.1. The van der Waals surface area contributed by atoms with Gasteiger partial charge < -0.3 is 112 Å². The molecule has 39 heteroatoms. The monoisotopic (exact) mass is 1610 g/mol. The summed E-state index contributed by atoms with van der Waals surface area (Å²) < 4.78 is 5.39. The molecule has 1 aliphatic heterocycles. The first-order valence-electron chi connectivity index (χ1n) is 36.9. The Bertz CT molecular complexity index is 4120. The third-order valence-corrected chi connectivity index (χ3v) is 19.6. The van der Waals surface area contributed by atoms with Crippen molar-refractivity contribution in [3.63, 3.8) is 0 Å². The highest BCUT2D eigenvalue weighted by atomic mass is 32.2. The summed E-state index contributed by atoms with van der Waals surface area (Å²) in [6.45, 7) is 8.77. The predicted octanol–water partition coefficient (Wildman–Crippen LogP) is -4.24. The lowest BCUT2D eigenvalue weighted by molar-refractivity contribution is -0.140. The zero-order valence-electron chi connectivity index (χ0n) is 64.6. The zero-order valence-corrected chi connectivity index (χ0v) is 65.4. The van der Waals surface area contributed by atoms with Crippen molar-refractivity contribution in [2.45, 2.75) is 209 Å². The number of nitrogens with one attached hydrogen (secondary N) is 13. The number of nitrogens with two attached hydrogens (primary N) is 5. The molecule has 3 aromatic carbocycles. The quantitative estimate of drug-likeness (QED) is 0.0190. The first-order valence-corrected chi connectivity index (χ1v) is 38.1. The number of carbonyl (C=O) groups is 17. The molecule has 16 amide bonds. The highest BCUT2D eigenvalue weighted by Gasteiger charge is 2.42. The second kappa shape index (κ2) is 44.5. The predicted molar refractivity (Wildman–Crippen MR) is 415 cm³/mol. The van der Waals surface area contributed by atoms with Crippen LogP contribution in [0.15, 0.2) is 79.0 Å².